The van der Waals surface area contributed by atoms with Gasteiger partial charge in [0.15, 0.2) is 27.3 Å². The quantitative estimate of drug-likeness (QED) is 0.775. The van der Waals surface area contributed by atoms with E-state index >= 15 is 0 Å². The molecule has 1 atom stereocenters. The van der Waals surface area contributed by atoms with Crippen LogP contribution in [0.2, 0.25) is 0 Å². The lowest BCUT2D eigenvalue weighted by Crippen LogP contribution is -2.38. The van der Waals surface area contributed by atoms with Gasteiger partial charge < -0.3 is 4.90 Å². The molecule has 20 heavy (non-hydrogen) atoms. The van der Waals surface area contributed by atoms with Crippen molar-refractivity contribution in [2.24, 2.45) is 0 Å². The number of carbonyl (C=O) groups is 1. The third kappa shape index (κ3) is 2.65. The molecule has 1 heterocycles. The maximum Gasteiger partial charge on any atom is 0.256 e. The fraction of sp³-hybridized carbons (Fsp3) is 0.417. The summed E-state index contributed by atoms with van der Waals surface area (Å²) in [4.78, 5) is 13.1. The number of benzene rings is 1. The number of rotatable bonds is 2. The molecule has 110 valence electrons. The zero-order valence-electron chi connectivity index (χ0n) is 10.6. The number of amides is 1. The molecule has 1 aliphatic heterocycles. The van der Waals surface area contributed by atoms with Crippen LogP contribution in [0.3, 0.4) is 0 Å². The van der Waals surface area contributed by atoms with Crippen molar-refractivity contribution < 1.29 is 26.4 Å². The zero-order chi connectivity index (χ0) is 15.1. The van der Waals surface area contributed by atoms with Crippen LogP contribution in [-0.4, -0.2) is 43.8 Å². The molecular formula is C12H12F3NO3S. The van der Waals surface area contributed by atoms with Crippen molar-refractivity contribution in [2.45, 2.75) is 12.5 Å². The maximum absolute atomic E-state index is 13.5. The Kier molecular flexibility index (Phi) is 3.77. The first-order chi connectivity index (χ1) is 9.23. The first-order valence-electron chi connectivity index (χ1n) is 5.84. The molecule has 1 aliphatic rings. The molecule has 1 aromatic rings. The molecule has 0 radical (unpaired) electrons. The summed E-state index contributed by atoms with van der Waals surface area (Å²) in [6.07, 6.45) is 0.246. The van der Waals surface area contributed by atoms with Crippen LogP contribution in [0, 0.1) is 17.5 Å². The van der Waals surface area contributed by atoms with Crippen molar-refractivity contribution in [2.75, 3.05) is 18.6 Å². The van der Waals surface area contributed by atoms with Gasteiger partial charge in [-0.2, -0.15) is 0 Å². The lowest BCUT2D eigenvalue weighted by atomic mass is 10.1. The number of nitrogens with zero attached hydrogens (tertiary/aromatic N) is 1. The monoisotopic (exact) mass is 307 g/mol. The summed E-state index contributed by atoms with van der Waals surface area (Å²) in [5.74, 6) is -5.80. The van der Waals surface area contributed by atoms with Crippen molar-refractivity contribution in [1.29, 1.82) is 0 Å². The molecule has 1 fully saturated rings. The van der Waals surface area contributed by atoms with Crippen LogP contribution in [0.1, 0.15) is 16.8 Å². The van der Waals surface area contributed by atoms with Crippen molar-refractivity contribution in [3.63, 3.8) is 0 Å². The van der Waals surface area contributed by atoms with Gasteiger partial charge in [0.05, 0.1) is 17.1 Å². The molecule has 0 N–H and O–H groups in total. The maximum atomic E-state index is 13.5. The van der Waals surface area contributed by atoms with Gasteiger partial charge >= 0.3 is 0 Å². The normalized spacial score (nSPS) is 20.9. The van der Waals surface area contributed by atoms with E-state index in [1.54, 1.807) is 0 Å². The van der Waals surface area contributed by atoms with Crippen LogP contribution in [-0.2, 0) is 9.84 Å². The van der Waals surface area contributed by atoms with Crippen LogP contribution in [0.4, 0.5) is 13.2 Å². The summed E-state index contributed by atoms with van der Waals surface area (Å²) >= 11 is 0. The summed E-state index contributed by atoms with van der Waals surface area (Å²) in [5, 5.41) is 0. The highest BCUT2D eigenvalue weighted by Gasteiger charge is 2.34. The van der Waals surface area contributed by atoms with Gasteiger partial charge in [-0.05, 0) is 18.6 Å². The summed E-state index contributed by atoms with van der Waals surface area (Å²) in [6.45, 7) is 0. The van der Waals surface area contributed by atoms with E-state index in [9.17, 15) is 26.4 Å². The van der Waals surface area contributed by atoms with Crippen molar-refractivity contribution in [1.82, 2.24) is 4.90 Å². The van der Waals surface area contributed by atoms with E-state index in [1.807, 2.05) is 0 Å². The molecular weight excluding hydrogens is 295 g/mol. The lowest BCUT2D eigenvalue weighted by molar-refractivity contribution is 0.0741. The van der Waals surface area contributed by atoms with E-state index in [1.165, 1.54) is 7.05 Å². The molecule has 1 amide bonds. The van der Waals surface area contributed by atoms with Gasteiger partial charge in [-0.15, -0.1) is 0 Å². The Balaban J connectivity index is 2.26. The second kappa shape index (κ2) is 5.08. The van der Waals surface area contributed by atoms with Crippen LogP contribution >= 0.6 is 0 Å². The Morgan fingerprint density at radius 2 is 1.90 bits per heavy atom. The van der Waals surface area contributed by atoms with Gasteiger partial charge in [-0.25, -0.2) is 21.6 Å². The third-order valence-corrected chi connectivity index (χ3v) is 5.09. The molecule has 0 aromatic heterocycles. The molecule has 0 spiro atoms. The standard InChI is InChI=1S/C12H12F3NO3S/c1-16(7-4-5-20(18,19)6-7)12(17)8-2-3-9(13)11(15)10(8)14/h2-3,7H,4-6H2,1H3. The molecule has 1 saturated heterocycles. The van der Waals surface area contributed by atoms with Crippen molar-refractivity contribution in [3.8, 4) is 0 Å². The summed E-state index contributed by atoms with van der Waals surface area (Å²) in [7, 11) is -1.89. The number of hydrogen-bond donors (Lipinski definition) is 0. The first-order valence-corrected chi connectivity index (χ1v) is 7.66. The Labute approximate surface area is 114 Å². The Morgan fingerprint density at radius 1 is 1.25 bits per heavy atom. The smallest absolute Gasteiger partial charge is 0.256 e. The van der Waals surface area contributed by atoms with E-state index in [-0.39, 0.29) is 17.9 Å². The molecule has 8 heteroatoms. The summed E-state index contributed by atoms with van der Waals surface area (Å²) < 4.78 is 62.1. The SMILES string of the molecule is CN(C(=O)c1ccc(F)c(F)c1F)C1CCS(=O)(=O)C1. The highest BCUT2D eigenvalue weighted by molar-refractivity contribution is 7.91. The highest BCUT2D eigenvalue weighted by atomic mass is 32.2. The number of halogens is 3. The Morgan fingerprint density at radius 3 is 2.45 bits per heavy atom. The van der Waals surface area contributed by atoms with Crippen LogP contribution in [0.25, 0.3) is 0 Å². The summed E-state index contributed by atoms with van der Waals surface area (Å²) in [6, 6.07) is 0.918. The predicted molar refractivity (Wildman–Crippen MR) is 65.5 cm³/mol. The fourth-order valence-corrected chi connectivity index (χ4v) is 3.90. The zero-order valence-corrected chi connectivity index (χ0v) is 11.4. The van der Waals surface area contributed by atoms with Crippen LogP contribution in [0.5, 0.6) is 0 Å². The Hall–Kier alpha value is -1.57. The minimum absolute atomic E-state index is 0.0461. The number of sulfone groups is 1. The second-order valence-corrected chi connectivity index (χ2v) is 6.92. The number of hydrogen-bond acceptors (Lipinski definition) is 3. The molecule has 1 aromatic carbocycles. The van der Waals surface area contributed by atoms with Gasteiger partial charge in [0.2, 0.25) is 0 Å². The Bertz CT molecular complexity index is 660. The molecule has 0 aliphatic carbocycles. The van der Waals surface area contributed by atoms with Crippen LogP contribution < -0.4 is 0 Å². The highest BCUT2D eigenvalue weighted by Crippen LogP contribution is 2.21. The van der Waals surface area contributed by atoms with Gasteiger partial charge in [0.1, 0.15) is 0 Å². The topological polar surface area (TPSA) is 54.5 Å². The minimum atomic E-state index is -3.20. The average molecular weight is 307 g/mol. The largest absolute Gasteiger partial charge is 0.338 e. The van der Waals surface area contributed by atoms with Gasteiger partial charge in [0.25, 0.3) is 5.91 Å². The molecule has 0 bridgehead atoms. The number of carbonyl (C=O) groups excluding carboxylic acids is 1. The van der Waals surface area contributed by atoms with Crippen LogP contribution in [0.15, 0.2) is 12.1 Å². The van der Waals surface area contributed by atoms with E-state index in [2.05, 4.69) is 0 Å². The fourth-order valence-electron chi connectivity index (χ4n) is 2.13. The van der Waals surface area contributed by atoms with E-state index in [0.717, 1.165) is 11.0 Å². The molecule has 2 rings (SSSR count). The van der Waals surface area contributed by atoms with E-state index < -0.39 is 44.8 Å². The van der Waals surface area contributed by atoms with E-state index in [0.29, 0.717) is 6.07 Å². The van der Waals surface area contributed by atoms with Gasteiger partial charge in [-0.3, -0.25) is 4.79 Å². The first kappa shape index (κ1) is 14.8. The van der Waals surface area contributed by atoms with E-state index in [4.69, 9.17) is 0 Å². The van der Waals surface area contributed by atoms with Crippen molar-refractivity contribution >= 4 is 15.7 Å². The molecule has 1 unspecified atom stereocenters. The lowest BCUT2D eigenvalue weighted by Gasteiger charge is -2.23. The van der Waals surface area contributed by atoms with Crippen molar-refractivity contribution in [3.05, 3.63) is 35.1 Å². The van der Waals surface area contributed by atoms with Gasteiger partial charge in [0, 0.05) is 13.1 Å². The second-order valence-electron chi connectivity index (χ2n) is 4.70. The average Bonchev–Trinajstić information content (AvgIpc) is 2.75. The molecule has 4 nitrogen and oxygen atoms in total. The predicted octanol–water partition coefficient (Wildman–Crippen LogP) is 1.36. The minimum Gasteiger partial charge on any atom is -0.338 e. The van der Waals surface area contributed by atoms with Gasteiger partial charge in [-0.1, -0.05) is 0 Å². The molecule has 0 saturated carbocycles. The third-order valence-electron chi connectivity index (χ3n) is 3.34. The summed E-state index contributed by atoms with van der Waals surface area (Å²) in [5.41, 5.74) is -0.615.